The van der Waals surface area contributed by atoms with Crippen LogP contribution in [0.3, 0.4) is 0 Å². The first-order chi connectivity index (χ1) is 18.9. The van der Waals surface area contributed by atoms with Gasteiger partial charge in [0.1, 0.15) is 0 Å². The summed E-state index contributed by atoms with van der Waals surface area (Å²) in [5, 5.41) is 0. The minimum atomic E-state index is -0.707. The van der Waals surface area contributed by atoms with Crippen molar-refractivity contribution in [1.82, 2.24) is 0 Å². The van der Waals surface area contributed by atoms with E-state index in [1.165, 1.54) is 73.2 Å². The normalized spacial score (nSPS) is 9.91. The molecule has 0 N–H and O–H groups in total. The minimum absolute atomic E-state index is 0. The maximum absolute atomic E-state index is 13.1. The van der Waals surface area contributed by atoms with Crippen LogP contribution in [0.15, 0.2) is 48.5 Å². The molecule has 0 aliphatic heterocycles. The average Bonchev–Trinajstić information content (AvgIpc) is 2.93. The first kappa shape index (κ1) is 42.9. The van der Waals surface area contributed by atoms with Crippen LogP contribution in [-0.4, -0.2) is 0 Å². The first-order valence-corrected chi connectivity index (χ1v) is 14.6. The van der Waals surface area contributed by atoms with Crippen LogP contribution in [0, 0.1) is 67.0 Å². The quantitative estimate of drug-likeness (QED) is 0.205. The molecule has 4 aromatic rings. The molecule has 244 valence electrons. The van der Waals surface area contributed by atoms with Crippen LogP contribution < -0.4 is 0 Å². The summed E-state index contributed by atoms with van der Waals surface area (Å²) < 4.78 is 26.0. The maximum Gasteiger partial charge on any atom is 0.162 e. The van der Waals surface area contributed by atoms with Crippen molar-refractivity contribution in [2.75, 3.05) is 0 Å². The first-order valence-electron chi connectivity index (χ1n) is 14.6. The van der Waals surface area contributed by atoms with Crippen molar-refractivity contribution in [3.05, 3.63) is 116 Å². The average molecular weight is 605 g/mol. The zero-order valence-corrected chi connectivity index (χ0v) is 26.2. The van der Waals surface area contributed by atoms with Gasteiger partial charge in [0, 0.05) is 0 Å². The molecule has 0 saturated carbocycles. The zero-order valence-electron chi connectivity index (χ0n) is 26.2. The van der Waals surface area contributed by atoms with E-state index in [1.807, 2.05) is 6.92 Å². The van der Waals surface area contributed by atoms with Crippen molar-refractivity contribution in [2.24, 2.45) is 0 Å². The summed E-state index contributed by atoms with van der Waals surface area (Å²) in [4.78, 5) is 0. The zero-order chi connectivity index (χ0) is 29.7. The predicted molar refractivity (Wildman–Crippen MR) is 196 cm³/mol. The van der Waals surface area contributed by atoms with E-state index < -0.39 is 11.6 Å². The van der Waals surface area contributed by atoms with Crippen LogP contribution >= 0.6 is 0 Å². The van der Waals surface area contributed by atoms with Gasteiger partial charge in [-0.05, 0) is 146 Å². The number of halogens is 2. The lowest BCUT2D eigenvalue weighted by molar-refractivity contribution is 0.493. The van der Waals surface area contributed by atoms with E-state index in [0.29, 0.717) is 17.5 Å². The van der Waals surface area contributed by atoms with Gasteiger partial charge in [0.05, 0.1) is 0 Å². The van der Waals surface area contributed by atoms with E-state index in [1.54, 1.807) is 19.1 Å². The van der Waals surface area contributed by atoms with Gasteiger partial charge in [0.25, 0.3) is 0 Å². The van der Waals surface area contributed by atoms with Gasteiger partial charge in [-0.25, -0.2) is 8.78 Å². The van der Waals surface area contributed by atoms with Crippen molar-refractivity contribution in [3.63, 3.8) is 0 Å². The molecule has 0 spiro atoms. The lowest BCUT2D eigenvalue weighted by Crippen LogP contribution is -1.99. The second-order valence-electron chi connectivity index (χ2n) is 11.3. The third-order valence-corrected chi connectivity index (χ3v) is 8.72. The third kappa shape index (κ3) is 8.90. The van der Waals surface area contributed by atoms with Crippen molar-refractivity contribution in [1.29, 1.82) is 0 Å². The van der Waals surface area contributed by atoms with E-state index in [4.69, 9.17) is 0 Å². The fourth-order valence-corrected chi connectivity index (χ4v) is 5.51. The summed E-state index contributed by atoms with van der Waals surface area (Å²) in [5.74, 6) is -1.39. The smallest absolute Gasteiger partial charge is 0.162 e. The van der Waals surface area contributed by atoms with Gasteiger partial charge in [0.2, 0.25) is 0 Å². The van der Waals surface area contributed by atoms with Crippen LogP contribution in [0.1, 0.15) is 112 Å². The van der Waals surface area contributed by atoms with Crippen LogP contribution in [0.5, 0.6) is 0 Å². The van der Waals surface area contributed by atoms with Crippen LogP contribution in [0.4, 0.5) is 8.78 Å². The topological polar surface area (TPSA) is 0 Å². The van der Waals surface area contributed by atoms with Crippen molar-refractivity contribution >= 4 is 0 Å². The number of rotatable bonds is 6. The molecule has 0 aliphatic carbocycles. The van der Waals surface area contributed by atoms with Gasteiger partial charge >= 0.3 is 0 Å². The van der Waals surface area contributed by atoms with E-state index in [9.17, 15) is 8.78 Å². The highest BCUT2D eigenvalue weighted by Crippen LogP contribution is 2.37. The van der Waals surface area contributed by atoms with Gasteiger partial charge in [0.15, 0.2) is 11.6 Å². The van der Waals surface area contributed by atoms with Crippen LogP contribution in [0.25, 0.3) is 22.3 Å². The minimum Gasteiger partial charge on any atom is -0.203 e. The molecule has 0 fully saturated rings. The molecule has 0 saturated heterocycles. The summed E-state index contributed by atoms with van der Waals surface area (Å²) in [6.45, 7) is 21.5. The van der Waals surface area contributed by atoms with Crippen molar-refractivity contribution in [3.8, 4) is 22.3 Å². The lowest BCUT2D eigenvalue weighted by Gasteiger charge is -2.19. The molecule has 0 amide bonds. The van der Waals surface area contributed by atoms with Crippen molar-refractivity contribution in [2.45, 2.75) is 125 Å². The highest BCUT2D eigenvalue weighted by molar-refractivity contribution is 5.80. The molecule has 0 unspecified atom stereocenters. The predicted octanol–water partition coefficient (Wildman–Crippen LogP) is 13.9. The highest BCUT2D eigenvalue weighted by atomic mass is 19.2. The molecular formula is C42H62F2. The number of hydrogen-bond donors (Lipinski definition) is 0. The van der Waals surface area contributed by atoms with Gasteiger partial charge in [-0.1, -0.05) is 105 Å². The number of hydrogen-bond acceptors (Lipinski definition) is 0. The molecule has 4 rings (SSSR count). The molecule has 0 radical (unpaired) electrons. The van der Waals surface area contributed by atoms with E-state index in [2.05, 4.69) is 91.8 Å². The Morgan fingerprint density at radius 3 is 1.20 bits per heavy atom. The van der Waals surface area contributed by atoms with Gasteiger partial charge in [-0.2, -0.15) is 0 Å². The number of aryl methyl sites for hydroxylation is 4. The molecule has 44 heavy (non-hydrogen) atoms. The fourth-order valence-electron chi connectivity index (χ4n) is 5.51. The molecule has 0 atom stereocenters. The second-order valence-corrected chi connectivity index (χ2v) is 11.3. The van der Waals surface area contributed by atoms with Gasteiger partial charge in [-0.3, -0.25) is 0 Å². The Labute approximate surface area is 271 Å². The summed E-state index contributed by atoms with van der Waals surface area (Å²) in [6.07, 6.45) is 3.79. The Bertz CT molecular complexity index is 1510. The van der Waals surface area contributed by atoms with E-state index in [0.717, 1.165) is 12.8 Å². The second kappa shape index (κ2) is 18.5. The maximum atomic E-state index is 13.1. The Morgan fingerprint density at radius 2 is 0.727 bits per heavy atom. The molecule has 0 aromatic heterocycles. The van der Waals surface area contributed by atoms with Gasteiger partial charge < -0.3 is 0 Å². The third-order valence-electron chi connectivity index (χ3n) is 8.72. The molecule has 0 nitrogen and oxygen atoms in total. The molecule has 2 heteroatoms. The number of benzene rings is 4. The molecule has 0 heterocycles. The monoisotopic (exact) mass is 604 g/mol. The Hall–Kier alpha value is -3.26. The molecule has 0 bridgehead atoms. The molecule has 0 aliphatic rings. The largest absolute Gasteiger partial charge is 0.203 e. The Morgan fingerprint density at radius 1 is 0.386 bits per heavy atom. The fraction of sp³-hybridized carbons (Fsp3) is 0.429. The summed E-state index contributed by atoms with van der Waals surface area (Å²) in [7, 11) is 0. The lowest BCUT2D eigenvalue weighted by atomic mass is 9.85. The van der Waals surface area contributed by atoms with Gasteiger partial charge in [-0.15, -0.1) is 0 Å². The molecule has 4 aromatic carbocycles. The van der Waals surface area contributed by atoms with E-state index in [-0.39, 0.29) is 29.7 Å². The van der Waals surface area contributed by atoms with E-state index >= 15 is 0 Å². The molecular weight excluding hydrogens is 542 g/mol. The van der Waals surface area contributed by atoms with Crippen LogP contribution in [-0.2, 0) is 12.8 Å². The summed E-state index contributed by atoms with van der Waals surface area (Å²) >= 11 is 0. The SMILES string of the molecule is C.C.C.C.CCCc1ccc(-c2ccc(-c3ccc(C)c(C)c3C)c(C)c2C)c(C)c1C.CCCc1ccc(C)c(F)c1F. The van der Waals surface area contributed by atoms with Crippen molar-refractivity contribution < 1.29 is 8.78 Å². The summed E-state index contributed by atoms with van der Waals surface area (Å²) in [6, 6.07) is 17.1. The summed E-state index contributed by atoms with van der Waals surface area (Å²) in [5.41, 5.74) is 17.6. The van der Waals surface area contributed by atoms with Crippen LogP contribution in [0.2, 0.25) is 0 Å². The highest BCUT2D eigenvalue weighted by Gasteiger charge is 2.15. The standard InChI is InChI=1S/C28H34.C10H12F2.4CH4/c1-9-10-24-12-14-26(21(6)19(24)4)28-16-15-27(22(7)23(28)8)25-13-11-17(2)18(3)20(25)5;1-3-4-8-6-5-7(2)9(11)10(8)12;;;;/h11-16H,9-10H2,1-8H3;5-6H,3-4H2,1-2H3;4*1H4. The Kier molecular flexibility index (Phi) is 18.0. The Balaban J connectivity index is 0.